The zero-order valence-electron chi connectivity index (χ0n) is 19.5. The molecule has 1 fully saturated rings. The first-order chi connectivity index (χ1) is 16.4. The molecule has 34 heavy (non-hydrogen) atoms. The van der Waals surface area contributed by atoms with Crippen LogP contribution in [0.5, 0.6) is 17.2 Å². The number of urea groups is 1. The topological polar surface area (TPSA) is 116 Å². The van der Waals surface area contributed by atoms with Crippen LogP contribution < -0.4 is 19.5 Å². The second-order valence-corrected chi connectivity index (χ2v) is 8.08. The Hall–Kier alpha value is -4.08. The van der Waals surface area contributed by atoms with Crippen LogP contribution in [0.15, 0.2) is 47.0 Å². The average Bonchev–Trinajstić information content (AvgIpc) is 3.41. The summed E-state index contributed by atoms with van der Waals surface area (Å²) in [6.45, 7) is 1.60. The lowest BCUT2D eigenvalue weighted by Gasteiger charge is -2.21. The molecule has 0 aliphatic carbocycles. The van der Waals surface area contributed by atoms with Crippen LogP contribution >= 0.6 is 0 Å². The van der Waals surface area contributed by atoms with Crippen LogP contribution in [0.2, 0.25) is 0 Å². The van der Waals surface area contributed by atoms with Crippen molar-refractivity contribution in [3.8, 4) is 28.6 Å². The first kappa shape index (κ1) is 23.1. The van der Waals surface area contributed by atoms with Gasteiger partial charge in [-0.2, -0.15) is 4.98 Å². The lowest BCUT2D eigenvalue weighted by molar-refractivity contribution is -0.131. The van der Waals surface area contributed by atoms with Crippen molar-refractivity contribution in [3.63, 3.8) is 0 Å². The Morgan fingerprint density at radius 3 is 2.41 bits per heavy atom. The Kier molecular flexibility index (Phi) is 6.40. The quantitative estimate of drug-likeness (QED) is 0.478. The first-order valence-corrected chi connectivity index (χ1v) is 10.7. The molecule has 10 heteroatoms. The van der Waals surface area contributed by atoms with Crippen LogP contribution in [0.4, 0.5) is 4.79 Å². The maximum absolute atomic E-state index is 13.1. The summed E-state index contributed by atoms with van der Waals surface area (Å²) in [6, 6.07) is 12.3. The van der Waals surface area contributed by atoms with Crippen molar-refractivity contribution >= 4 is 11.9 Å². The average molecular weight is 466 g/mol. The number of aryl methyl sites for hydroxylation is 1. The summed E-state index contributed by atoms with van der Waals surface area (Å²) in [5.74, 6) is 1.98. The molecular formula is C24H26N4O6. The number of nitrogens with zero attached hydrogens (tertiary/aromatic N) is 3. The van der Waals surface area contributed by atoms with E-state index in [1.165, 1.54) is 7.11 Å². The zero-order chi connectivity index (χ0) is 24.3. The van der Waals surface area contributed by atoms with Crippen LogP contribution in [-0.4, -0.2) is 53.8 Å². The Morgan fingerprint density at radius 1 is 1.00 bits per heavy atom. The van der Waals surface area contributed by atoms with Gasteiger partial charge in [0.2, 0.25) is 11.7 Å². The molecule has 4 rings (SSSR count). The van der Waals surface area contributed by atoms with Crippen molar-refractivity contribution in [3.05, 3.63) is 53.9 Å². The van der Waals surface area contributed by atoms with Gasteiger partial charge in [0.25, 0.3) is 5.91 Å². The van der Waals surface area contributed by atoms with Gasteiger partial charge in [-0.15, -0.1) is 0 Å². The molecule has 0 bridgehead atoms. The number of nitrogens with one attached hydrogen (secondary N) is 1. The number of aromatic nitrogens is 2. The van der Waals surface area contributed by atoms with Gasteiger partial charge in [-0.3, -0.25) is 9.69 Å². The van der Waals surface area contributed by atoms with Gasteiger partial charge in [-0.1, -0.05) is 17.3 Å². The third-order valence-electron chi connectivity index (χ3n) is 5.82. The molecule has 0 saturated carbocycles. The fourth-order valence-corrected chi connectivity index (χ4v) is 3.79. The standard InChI is InChI=1S/C24H26N4O6/c1-24(12-11-15-5-8-17(31-2)9-6-15)22(29)28(23(30)26-24)14-20-25-21(27-34-20)16-7-10-18(32-3)19(13-16)33-4/h5-10,13H,11-12,14H2,1-4H3,(H,26,30)/t24-/m1/s1. The van der Waals surface area contributed by atoms with Gasteiger partial charge in [0.1, 0.15) is 17.8 Å². The smallest absolute Gasteiger partial charge is 0.325 e. The van der Waals surface area contributed by atoms with E-state index in [0.29, 0.717) is 35.7 Å². The van der Waals surface area contributed by atoms with Crippen LogP contribution in [0, 0.1) is 0 Å². The summed E-state index contributed by atoms with van der Waals surface area (Å²) >= 11 is 0. The minimum atomic E-state index is -1.02. The molecule has 1 saturated heterocycles. The highest BCUT2D eigenvalue weighted by molar-refractivity contribution is 6.06. The van der Waals surface area contributed by atoms with Gasteiger partial charge in [0.15, 0.2) is 11.5 Å². The summed E-state index contributed by atoms with van der Waals surface area (Å²) < 4.78 is 21.0. The van der Waals surface area contributed by atoms with E-state index in [-0.39, 0.29) is 18.3 Å². The van der Waals surface area contributed by atoms with Gasteiger partial charge < -0.3 is 24.1 Å². The van der Waals surface area contributed by atoms with Crippen LogP contribution in [0.1, 0.15) is 24.8 Å². The molecular weight excluding hydrogens is 440 g/mol. The number of carbonyl (C=O) groups is 2. The molecule has 1 N–H and O–H groups in total. The van der Waals surface area contributed by atoms with Crippen molar-refractivity contribution in [1.29, 1.82) is 0 Å². The highest BCUT2D eigenvalue weighted by Gasteiger charge is 2.47. The molecule has 1 aliphatic heterocycles. The number of ether oxygens (including phenoxy) is 3. The fourth-order valence-electron chi connectivity index (χ4n) is 3.79. The van der Waals surface area contributed by atoms with E-state index >= 15 is 0 Å². The Labute approximate surface area is 196 Å². The molecule has 3 amide bonds. The third-order valence-corrected chi connectivity index (χ3v) is 5.82. The van der Waals surface area contributed by atoms with Crippen molar-refractivity contribution in [1.82, 2.24) is 20.4 Å². The highest BCUT2D eigenvalue weighted by Crippen LogP contribution is 2.31. The van der Waals surface area contributed by atoms with Gasteiger partial charge in [0, 0.05) is 5.56 Å². The summed E-state index contributed by atoms with van der Waals surface area (Å²) in [6.07, 6.45) is 1.06. The van der Waals surface area contributed by atoms with E-state index < -0.39 is 11.6 Å². The monoisotopic (exact) mass is 466 g/mol. The normalized spacial score (nSPS) is 17.6. The summed E-state index contributed by atoms with van der Waals surface area (Å²) in [7, 11) is 4.69. The molecule has 0 spiro atoms. The Morgan fingerprint density at radius 2 is 1.74 bits per heavy atom. The lowest BCUT2D eigenvalue weighted by atomic mass is 9.93. The lowest BCUT2D eigenvalue weighted by Crippen LogP contribution is -2.44. The maximum atomic E-state index is 13.1. The molecule has 3 aromatic rings. The van der Waals surface area contributed by atoms with E-state index in [1.807, 2.05) is 24.3 Å². The molecule has 10 nitrogen and oxygen atoms in total. The number of amides is 3. The predicted octanol–water partition coefficient (Wildman–Crippen LogP) is 3.21. The minimum Gasteiger partial charge on any atom is -0.497 e. The van der Waals surface area contributed by atoms with Crippen molar-refractivity contribution < 1.29 is 28.3 Å². The summed E-state index contributed by atoms with van der Waals surface area (Å²) in [5.41, 5.74) is 0.664. The van der Waals surface area contributed by atoms with Gasteiger partial charge in [-0.05, 0) is 55.7 Å². The van der Waals surface area contributed by atoms with E-state index in [2.05, 4.69) is 15.5 Å². The van der Waals surface area contributed by atoms with Gasteiger partial charge >= 0.3 is 6.03 Å². The number of imide groups is 1. The minimum absolute atomic E-state index is 0.122. The third kappa shape index (κ3) is 4.52. The van der Waals surface area contributed by atoms with Gasteiger partial charge in [0.05, 0.1) is 21.3 Å². The van der Waals surface area contributed by atoms with Crippen molar-refractivity contribution in [2.24, 2.45) is 0 Å². The van der Waals surface area contributed by atoms with Crippen LogP contribution in [0.25, 0.3) is 11.4 Å². The molecule has 0 radical (unpaired) electrons. The summed E-state index contributed by atoms with van der Waals surface area (Å²) in [5, 5.41) is 6.78. The van der Waals surface area contributed by atoms with Crippen LogP contribution in [0.3, 0.4) is 0 Å². The van der Waals surface area contributed by atoms with E-state index in [9.17, 15) is 9.59 Å². The maximum Gasteiger partial charge on any atom is 0.325 e. The Bertz CT molecular complexity index is 1190. The SMILES string of the molecule is COc1ccc(CC[C@@]2(C)NC(=O)N(Cc3nc(-c4ccc(OC)c(OC)c4)no3)C2=O)cc1. The zero-order valence-corrected chi connectivity index (χ0v) is 19.5. The van der Waals surface area contributed by atoms with E-state index in [1.54, 1.807) is 39.3 Å². The predicted molar refractivity (Wildman–Crippen MR) is 122 cm³/mol. The number of rotatable bonds is 9. The Balaban J connectivity index is 1.44. The number of carbonyl (C=O) groups excluding carboxylic acids is 2. The second kappa shape index (κ2) is 9.42. The number of hydrogen-bond donors (Lipinski definition) is 1. The number of benzene rings is 2. The molecule has 178 valence electrons. The van der Waals surface area contributed by atoms with Gasteiger partial charge in [-0.25, -0.2) is 4.79 Å². The number of hydrogen-bond acceptors (Lipinski definition) is 8. The van der Waals surface area contributed by atoms with Crippen molar-refractivity contribution in [2.45, 2.75) is 31.8 Å². The summed E-state index contributed by atoms with van der Waals surface area (Å²) in [4.78, 5) is 31.1. The molecule has 0 unspecified atom stereocenters. The molecule has 2 heterocycles. The van der Waals surface area contributed by atoms with Crippen LogP contribution in [-0.2, 0) is 17.8 Å². The molecule has 1 aromatic heterocycles. The highest BCUT2D eigenvalue weighted by atomic mass is 16.5. The fraction of sp³-hybridized carbons (Fsp3) is 0.333. The van der Waals surface area contributed by atoms with Crippen molar-refractivity contribution in [2.75, 3.05) is 21.3 Å². The number of methoxy groups -OCH3 is 3. The molecule has 1 atom stereocenters. The molecule has 1 aliphatic rings. The van der Waals surface area contributed by atoms with E-state index in [4.69, 9.17) is 18.7 Å². The van der Waals surface area contributed by atoms with E-state index in [0.717, 1.165) is 16.2 Å². The largest absolute Gasteiger partial charge is 0.497 e. The first-order valence-electron chi connectivity index (χ1n) is 10.7. The second-order valence-electron chi connectivity index (χ2n) is 8.08. The molecule has 2 aromatic carbocycles.